The van der Waals surface area contributed by atoms with Crippen LogP contribution in [0.3, 0.4) is 0 Å². The zero-order chi connectivity index (χ0) is 21.1. The number of thiazole rings is 2. The number of nitrogens with one attached hydrogen (secondary N) is 1. The van der Waals surface area contributed by atoms with Crippen LogP contribution in [0.5, 0.6) is 11.5 Å². The molecule has 0 aliphatic carbocycles. The molecule has 0 unspecified atom stereocenters. The average Bonchev–Trinajstić information content (AvgIpc) is 3.49. The number of methoxy groups -OCH3 is 2. The van der Waals surface area contributed by atoms with Gasteiger partial charge in [-0.15, -0.1) is 34.0 Å². The summed E-state index contributed by atoms with van der Waals surface area (Å²) < 4.78 is 11.3. The topological polar surface area (TPSA) is 73.3 Å². The smallest absolute Gasteiger partial charge is 0.232 e. The van der Waals surface area contributed by atoms with Crippen LogP contribution in [0.15, 0.2) is 41.1 Å². The Morgan fingerprint density at radius 3 is 2.63 bits per heavy atom. The largest absolute Gasteiger partial charge is 0.493 e. The number of halogens is 1. The van der Waals surface area contributed by atoms with Gasteiger partial charge in [0.25, 0.3) is 0 Å². The Bertz CT molecular complexity index is 1180. The summed E-state index contributed by atoms with van der Waals surface area (Å²) in [6.07, 6.45) is 0.170. The van der Waals surface area contributed by atoms with Crippen molar-refractivity contribution in [1.82, 2.24) is 9.97 Å². The van der Waals surface area contributed by atoms with Gasteiger partial charge in [-0.2, -0.15) is 0 Å². The number of carbonyl (C=O) groups is 1. The molecule has 3 heterocycles. The van der Waals surface area contributed by atoms with E-state index in [9.17, 15) is 4.79 Å². The van der Waals surface area contributed by atoms with Gasteiger partial charge in [0.05, 0.1) is 41.2 Å². The summed E-state index contributed by atoms with van der Waals surface area (Å²) in [5, 5.41) is 7.98. The van der Waals surface area contributed by atoms with E-state index in [4.69, 9.17) is 21.1 Å². The lowest BCUT2D eigenvalue weighted by Crippen LogP contribution is -2.14. The van der Waals surface area contributed by atoms with Gasteiger partial charge in [-0.05, 0) is 30.3 Å². The number of hydrogen-bond donors (Lipinski definition) is 1. The van der Waals surface area contributed by atoms with Crippen molar-refractivity contribution in [3.63, 3.8) is 0 Å². The number of amides is 1. The van der Waals surface area contributed by atoms with Gasteiger partial charge in [0.2, 0.25) is 5.91 Å². The quantitative estimate of drug-likeness (QED) is 0.361. The molecule has 4 rings (SSSR count). The van der Waals surface area contributed by atoms with Crippen molar-refractivity contribution in [3.05, 3.63) is 51.1 Å². The highest BCUT2D eigenvalue weighted by atomic mass is 35.5. The second-order valence-electron chi connectivity index (χ2n) is 6.08. The van der Waals surface area contributed by atoms with E-state index in [1.807, 2.05) is 41.1 Å². The Morgan fingerprint density at radius 2 is 1.90 bits per heavy atom. The maximum absolute atomic E-state index is 12.4. The third-order valence-corrected chi connectivity index (χ3v) is 7.05. The van der Waals surface area contributed by atoms with Gasteiger partial charge in [0.1, 0.15) is 5.01 Å². The molecule has 0 saturated carbocycles. The third-order valence-electron chi connectivity index (χ3n) is 4.10. The summed E-state index contributed by atoms with van der Waals surface area (Å²) in [5.41, 5.74) is 2.41. The summed E-state index contributed by atoms with van der Waals surface area (Å²) in [4.78, 5) is 22.4. The first kappa shape index (κ1) is 20.8. The molecule has 1 N–H and O–H groups in total. The summed E-state index contributed by atoms with van der Waals surface area (Å²) >= 11 is 10.3. The molecule has 0 saturated heterocycles. The number of anilines is 1. The molecule has 0 fully saturated rings. The third kappa shape index (κ3) is 4.65. The van der Waals surface area contributed by atoms with Crippen molar-refractivity contribution in [2.45, 2.75) is 6.42 Å². The molecule has 0 radical (unpaired) electrons. The Hall–Kier alpha value is -2.46. The zero-order valence-corrected chi connectivity index (χ0v) is 19.2. The lowest BCUT2D eigenvalue weighted by Gasteiger charge is -2.08. The fourth-order valence-electron chi connectivity index (χ4n) is 2.71. The number of nitrogens with zero attached hydrogens (tertiary/aromatic N) is 2. The first-order chi connectivity index (χ1) is 14.6. The van der Waals surface area contributed by atoms with Gasteiger partial charge in [-0.1, -0.05) is 11.6 Å². The van der Waals surface area contributed by atoms with Gasteiger partial charge in [0, 0.05) is 16.3 Å². The Kier molecular flexibility index (Phi) is 6.33. The van der Waals surface area contributed by atoms with E-state index in [0.717, 1.165) is 21.1 Å². The number of aromatic nitrogens is 2. The van der Waals surface area contributed by atoms with E-state index in [1.54, 1.807) is 14.2 Å². The van der Waals surface area contributed by atoms with Crippen molar-refractivity contribution in [2.75, 3.05) is 19.5 Å². The predicted octanol–water partition coefficient (Wildman–Crippen LogP) is 5.85. The Balaban J connectivity index is 1.41. The van der Waals surface area contributed by atoms with Crippen molar-refractivity contribution >= 4 is 56.7 Å². The highest BCUT2D eigenvalue weighted by molar-refractivity contribution is 7.20. The molecule has 6 nitrogen and oxygen atoms in total. The van der Waals surface area contributed by atoms with E-state index in [2.05, 4.69) is 15.3 Å². The molecule has 3 aromatic heterocycles. The zero-order valence-electron chi connectivity index (χ0n) is 16.0. The predicted molar refractivity (Wildman–Crippen MR) is 123 cm³/mol. The van der Waals surface area contributed by atoms with Crippen LogP contribution in [-0.2, 0) is 11.2 Å². The number of carbonyl (C=O) groups excluding carboxylic acids is 1. The number of ether oxygens (including phenoxy) is 2. The minimum absolute atomic E-state index is 0.163. The molecule has 1 aromatic carbocycles. The number of benzene rings is 1. The molecule has 0 aliphatic rings. The summed E-state index contributed by atoms with van der Waals surface area (Å²) in [6.45, 7) is 0. The number of rotatable bonds is 7. The first-order valence-corrected chi connectivity index (χ1v) is 11.7. The lowest BCUT2D eigenvalue weighted by atomic mass is 10.2. The van der Waals surface area contributed by atoms with Crippen molar-refractivity contribution in [2.24, 2.45) is 0 Å². The maximum atomic E-state index is 12.4. The Labute approximate surface area is 190 Å². The fourth-order valence-corrected chi connectivity index (χ4v) is 5.34. The van der Waals surface area contributed by atoms with Crippen molar-refractivity contribution < 1.29 is 14.3 Å². The standard InChI is InChI=1S/C20H16ClN3O3S3/c1-26-14-4-3-11(7-15(14)27-2)19-22-12(9-28-19)8-18(25)24-20-23-13(10-29-20)16-5-6-17(21)30-16/h3-7,9-10H,8H2,1-2H3,(H,23,24,25). The molecule has 0 atom stereocenters. The van der Waals surface area contributed by atoms with Crippen LogP contribution in [0.25, 0.3) is 21.1 Å². The minimum atomic E-state index is -0.163. The van der Waals surface area contributed by atoms with E-state index in [1.165, 1.54) is 34.0 Å². The van der Waals surface area contributed by atoms with Crippen LogP contribution in [0.1, 0.15) is 5.69 Å². The molecule has 0 aliphatic heterocycles. The SMILES string of the molecule is COc1ccc(-c2nc(CC(=O)Nc3nc(-c4ccc(Cl)s4)cs3)cs2)cc1OC. The molecule has 1 amide bonds. The van der Waals surface area contributed by atoms with Crippen molar-refractivity contribution in [1.29, 1.82) is 0 Å². The van der Waals surface area contributed by atoms with E-state index >= 15 is 0 Å². The van der Waals surface area contributed by atoms with Crippen LogP contribution in [0, 0.1) is 0 Å². The maximum Gasteiger partial charge on any atom is 0.232 e. The van der Waals surface area contributed by atoms with E-state index in [-0.39, 0.29) is 12.3 Å². The normalized spacial score (nSPS) is 10.8. The summed E-state index contributed by atoms with van der Waals surface area (Å²) in [6, 6.07) is 9.37. The molecular formula is C20H16ClN3O3S3. The first-order valence-electron chi connectivity index (χ1n) is 8.73. The molecule has 0 spiro atoms. The molecular weight excluding hydrogens is 462 g/mol. The second kappa shape index (κ2) is 9.13. The average molecular weight is 478 g/mol. The molecule has 0 bridgehead atoms. The van der Waals surface area contributed by atoms with Gasteiger partial charge < -0.3 is 14.8 Å². The van der Waals surface area contributed by atoms with Crippen molar-refractivity contribution in [3.8, 4) is 32.6 Å². The molecule has 10 heteroatoms. The Morgan fingerprint density at radius 1 is 1.07 bits per heavy atom. The summed E-state index contributed by atoms with van der Waals surface area (Å²) in [7, 11) is 3.19. The van der Waals surface area contributed by atoms with Gasteiger partial charge in [0.15, 0.2) is 16.6 Å². The minimum Gasteiger partial charge on any atom is -0.493 e. The van der Waals surface area contributed by atoms with Crippen LogP contribution >= 0.6 is 45.6 Å². The lowest BCUT2D eigenvalue weighted by molar-refractivity contribution is -0.115. The van der Waals surface area contributed by atoms with Gasteiger partial charge >= 0.3 is 0 Å². The monoisotopic (exact) mass is 477 g/mol. The van der Waals surface area contributed by atoms with Gasteiger partial charge in [-0.25, -0.2) is 9.97 Å². The highest BCUT2D eigenvalue weighted by Crippen LogP contribution is 2.34. The van der Waals surface area contributed by atoms with Gasteiger partial charge in [-0.3, -0.25) is 4.79 Å². The van der Waals surface area contributed by atoms with E-state index in [0.29, 0.717) is 26.7 Å². The van der Waals surface area contributed by atoms with E-state index < -0.39 is 0 Å². The van der Waals surface area contributed by atoms with Crippen LogP contribution < -0.4 is 14.8 Å². The second-order valence-corrected chi connectivity index (χ2v) is 9.51. The van der Waals surface area contributed by atoms with Crippen LogP contribution in [0.4, 0.5) is 5.13 Å². The molecule has 30 heavy (non-hydrogen) atoms. The van der Waals surface area contributed by atoms with Crippen LogP contribution in [-0.4, -0.2) is 30.1 Å². The molecule has 4 aromatic rings. The fraction of sp³-hybridized carbons (Fsp3) is 0.150. The summed E-state index contributed by atoms with van der Waals surface area (Å²) in [5.74, 6) is 1.13. The van der Waals surface area contributed by atoms with Crippen LogP contribution in [0.2, 0.25) is 4.34 Å². The number of thiophene rings is 1. The number of hydrogen-bond acceptors (Lipinski definition) is 8. The molecule has 154 valence electrons. The highest BCUT2D eigenvalue weighted by Gasteiger charge is 2.14.